The number of aromatic nitrogens is 2. The molecule has 144 valence electrons. The number of nitrogens with zero attached hydrogens (tertiary/aromatic N) is 3. The molecule has 0 saturated carbocycles. The number of amides is 1. The molecular formula is C18H21F2N5O2. The van der Waals surface area contributed by atoms with Crippen LogP contribution in [0.1, 0.15) is 19.8 Å². The van der Waals surface area contributed by atoms with E-state index >= 15 is 0 Å². The van der Waals surface area contributed by atoms with E-state index in [2.05, 4.69) is 20.6 Å². The molecule has 1 amide bonds. The third-order valence-electron chi connectivity index (χ3n) is 4.23. The van der Waals surface area contributed by atoms with Gasteiger partial charge < -0.3 is 20.3 Å². The van der Waals surface area contributed by atoms with Gasteiger partial charge in [0.1, 0.15) is 18.0 Å². The van der Waals surface area contributed by atoms with Gasteiger partial charge in [0, 0.05) is 37.0 Å². The van der Waals surface area contributed by atoms with Gasteiger partial charge in [0.15, 0.2) is 11.6 Å². The lowest BCUT2D eigenvalue weighted by atomic mass is 10.1. The number of likely N-dealkylation sites (tertiary alicyclic amines) is 1. The number of carbonyl (C=O) groups is 1. The van der Waals surface area contributed by atoms with Gasteiger partial charge in [-0.05, 0) is 31.9 Å². The van der Waals surface area contributed by atoms with Gasteiger partial charge in [0.05, 0.1) is 6.61 Å². The fourth-order valence-corrected chi connectivity index (χ4v) is 2.86. The first-order valence-electron chi connectivity index (χ1n) is 8.77. The van der Waals surface area contributed by atoms with Gasteiger partial charge >= 0.3 is 6.09 Å². The Hall–Kier alpha value is -2.97. The molecule has 1 fully saturated rings. The number of ether oxygens (including phenoxy) is 1. The molecule has 0 atom stereocenters. The van der Waals surface area contributed by atoms with Crippen molar-refractivity contribution in [2.24, 2.45) is 0 Å². The minimum atomic E-state index is -0.930. The Morgan fingerprint density at radius 2 is 1.93 bits per heavy atom. The van der Waals surface area contributed by atoms with Gasteiger partial charge in [0.25, 0.3) is 0 Å². The molecule has 1 aromatic heterocycles. The highest BCUT2D eigenvalue weighted by atomic mass is 19.2. The Morgan fingerprint density at radius 1 is 1.19 bits per heavy atom. The summed E-state index contributed by atoms with van der Waals surface area (Å²) in [6, 6.07) is 5.41. The van der Waals surface area contributed by atoms with Crippen LogP contribution in [0.5, 0.6) is 0 Å². The summed E-state index contributed by atoms with van der Waals surface area (Å²) in [4.78, 5) is 21.7. The number of piperidine rings is 1. The van der Waals surface area contributed by atoms with E-state index in [1.54, 1.807) is 17.9 Å². The first kappa shape index (κ1) is 18.8. The van der Waals surface area contributed by atoms with Gasteiger partial charge in [0.2, 0.25) is 0 Å². The SMILES string of the molecule is CCOC(=O)N1CCC(Nc2cc(Nc3ccc(F)c(F)c3)ncn2)CC1. The summed E-state index contributed by atoms with van der Waals surface area (Å²) in [5.74, 6) is -0.757. The normalized spacial score (nSPS) is 14.7. The van der Waals surface area contributed by atoms with E-state index < -0.39 is 11.6 Å². The Morgan fingerprint density at radius 3 is 2.63 bits per heavy atom. The average Bonchev–Trinajstić information content (AvgIpc) is 2.66. The minimum absolute atomic E-state index is 0.168. The van der Waals surface area contributed by atoms with Crippen molar-refractivity contribution in [1.29, 1.82) is 0 Å². The number of carbonyl (C=O) groups excluding carboxylic acids is 1. The fourth-order valence-electron chi connectivity index (χ4n) is 2.86. The smallest absolute Gasteiger partial charge is 0.409 e. The molecule has 0 spiro atoms. The van der Waals surface area contributed by atoms with Crippen molar-refractivity contribution in [2.75, 3.05) is 30.3 Å². The Kier molecular flexibility index (Phi) is 6.00. The molecule has 0 unspecified atom stereocenters. The minimum Gasteiger partial charge on any atom is -0.450 e. The maximum atomic E-state index is 13.3. The van der Waals surface area contributed by atoms with Gasteiger partial charge in [-0.1, -0.05) is 0 Å². The second-order valence-corrected chi connectivity index (χ2v) is 6.15. The Balaban J connectivity index is 1.56. The highest BCUT2D eigenvalue weighted by Crippen LogP contribution is 2.20. The number of nitrogens with one attached hydrogen (secondary N) is 2. The third-order valence-corrected chi connectivity index (χ3v) is 4.23. The van der Waals surface area contributed by atoms with Gasteiger partial charge in [-0.2, -0.15) is 0 Å². The zero-order valence-corrected chi connectivity index (χ0v) is 14.9. The molecule has 1 aromatic carbocycles. The van der Waals surface area contributed by atoms with Crippen LogP contribution < -0.4 is 10.6 Å². The molecule has 1 aliphatic rings. The van der Waals surface area contributed by atoms with E-state index in [1.807, 2.05) is 0 Å². The summed E-state index contributed by atoms with van der Waals surface area (Å²) in [5.41, 5.74) is 0.390. The second-order valence-electron chi connectivity index (χ2n) is 6.15. The molecule has 0 radical (unpaired) electrons. The standard InChI is InChI=1S/C18H21F2N5O2/c1-2-27-18(26)25-7-5-12(6-8-25)23-16-10-17(22-11-21-16)24-13-3-4-14(19)15(20)9-13/h3-4,9-12H,2,5-8H2,1H3,(H2,21,22,23,24). The Labute approximate surface area is 155 Å². The molecule has 7 nitrogen and oxygen atoms in total. The van der Waals surface area contributed by atoms with Crippen molar-refractivity contribution in [1.82, 2.24) is 14.9 Å². The molecule has 1 saturated heterocycles. The zero-order chi connectivity index (χ0) is 19.2. The predicted octanol–water partition coefficient (Wildman–Crippen LogP) is 3.53. The van der Waals surface area contributed by atoms with E-state index in [-0.39, 0.29) is 12.1 Å². The van der Waals surface area contributed by atoms with Gasteiger partial charge in [-0.3, -0.25) is 0 Å². The largest absolute Gasteiger partial charge is 0.450 e. The number of rotatable bonds is 5. The molecule has 3 rings (SSSR count). The number of benzene rings is 1. The summed E-state index contributed by atoms with van der Waals surface area (Å²) in [7, 11) is 0. The van der Waals surface area contributed by atoms with Gasteiger partial charge in [-0.15, -0.1) is 0 Å². The second kappa shape index (κ2) is 8.61. The monoisotopic (exact) mass is 377 g/mol. The molecule has 2 N–H and O–H groups in total. The summed E-state index contributed by atoms with van der Waals surface area (Å²) >= 11 is 0. The molecule has 27 heavy (non-hydrogen) atoms. The van der Waals surface area contributed by atoms with Crippen molar-refractivity contribution in [3.63, 3.8) is 0 Å². The molecular weight excluding hydrogens is 356 g/mol. The van der Waals surface area contributed by atoms with Crippen LogP contribution in [0.3, 0.4) is 0 Å². The number of hydrogen-bond donors (Lipinski definition) is 2. The van der Waals surface area contributed by atoms with E-state index in [1.165, 1.54) is 12.4 Å². The summed E-state index contributed by atoms with van der Waals surface area (Å²) in [6.07, 6.45) is 2.65. The zero-order valence-electron chi connectivity index (χ0n) is 14.9. The van der Waals surface area contributed by atoms with Crippen LogP contribution in [0.2, 0.25) is 0 Å². The molecule has 2 aromatic rings. The summed E-state index contributed by atoms with van der Waals surface area (Å²) in [5, 5.41) is 6.23. The number of anilines is 3. The van der Waals surface area contributed by atoms with Crippen LogP contribution in [0, 0.1) is 11.6 Å². The lowest BCUT2D eigenvalue weighted by Gasteiger charge is -2.31. The molecule has 1 aliphatic heterocycles. The molecule has 9 heteroatoms. The fraction of sp³-hybridized carbons (Fsp3) is 0.389. The first-order chi connectivity index (χ1) is 13.0. The van der Waals surface area contributed by atoms with Crippen molar-refractivity contribution in [3.8, 4) is 0 Å². The summed E-state index contributed by atoms with van der Waals surface area (Å²) < 4.78 is 31.3. The lowest BCUT2D eigenvalue weighted by molar-refractivity contribution is 0.0983. The maximum absolute atomic E-state index is 13.3. The van der Waals surface area contributed by atoms with Crippen molar-refractivity contribution >= 4 is 23.4 Å². The highest BCUT2D eigenvalue weighted by Gasteiger charge is 2.23. The number of hydrogen-bond acceptors (Lipinski definition) is 6. The Bertz CT molecular complexity index is 797. The molecule has 0 bridgehead atoms. The molecule has 0 aliphatic carbocycles. The predicted molar refractivity (Wildman–Crippen MR) is 96.9 cm³/mol. The first-order valence-corrected chi connectivity index (χ1v) is 8.77. The average molecular weight is 377 g/mol. The quantitative estimate of drug-likeness (QED) is 0.830. The van der Waals surface area contributed by atoms with E-state index in [0.717, 1.165) is 25.0 Å². The van der Waals surface area contributed by atoms with Crippen LogP contribution in [0.25, 0.3) is 0 Å². The van der Waals surface area contributed by atoms with Crippen LogP contribution in [-0.2, 0) is 4.74 Å². The van der Waals surface area contributed by atoms with E-state index in [0.29, 0.717) is 37.0 Å². The van der Waals surface area contributed by atoms with Crippen LogP contribution >= 0.6 is 0 Å². The van der Waals surface area contributed by atoms with Crippen molar-refractivity contribution in [2.45, 2.75) is 25.8 Å². The lowest BCUT2D eigenvalue weighted by Crippen LogP contribution is -2.42. The topological polar surface area (TPSA) is 79.4 Å². The third kappa shape index (κ3) is 5.02. The van der Waals surface area contributed by atoms with Crippen molar-refractivity contribution in [3.05, 3.63) is 42.2 Å². The van der Waals surface area contributed by atoms with Gasteiger partial charge in [-0.25, -0.2) is 23.5 Å². The molecule has 2 heterocycles. The van der Waals surface area contributed by atoms with Crippen molar-refractivity contribution < 1.29 is 18.3 Å². The van der Waals surface area contributed by atoms with Crippen LogP contribution in [0.15, 0.2) is 30.6 Å². The highest BCUT2D eigenvalue weighted by molar-refractivity contribution is 5.67. The maximum Gasteiger partial charge on any atom is 0.409 e. The van der Waals surface area contributed by atoms with E-state index in [4.69, 9.17) is 4.74 Å². The number of halogens is 2. The van der Waals surface area contributed by atoms with Crippen LogP contribution in [-0.4, -0.2) is 46.7 Å². The van der Waals surface area contributed by atoms with Crippen LogP contribution in [0.4, 0.5) is 30.9 Å². The van der Waals surface area contributed by atoms with E-state index in [9.17, 15) is 13.6 Å². The summed E-state index contributed by atoms with van der Waals surface area (Å²) in [6.45, 7) is 3.38.